The number of esters is 3. The number of carbonyl (C=O) groups is 4. The molecule has 8 heteroatoms. The molecule has 1 N–H and O–H groups in total. The van der Waals surface area contributed by atoms with Crippen molar-refractivity contribution in [1.29, 1.82) is 0 Å². The summed E-state index contributed by atoms with van der Waals surface area (Å²) in [5, 5.41) is 8.35. The van der Waals surface area contributed by atoms with Crippen LogP contribution in [-0.2, 0) is 33.4 Å². The fourth-order valence-electron chi connectivity index (χ4n) is 0.870. The van der Waals surface area contributed by atoms with Crippen LogP contribution in [0.15, 0.2) is 36.5 Å². The number of ether oxygens (including phenoxy) is 3. The topological polar surface area (TPSA) is 116 Å². The summed E-state index contributed by atoms with van der Waals surface area (Å²) in [4.78, 5) is 44.2. The van der Waals surface area contributed by atoms with Crippen molar-refractivity contribution in [1.82, 2.24) is 0 Å². The Morgan fingerprint density at radius 1 is 1.00 bits per heavy atom. The van der Waals surface area contributed by atoms with Crippen LogP contribution in [0.1, 0.15) is 13.8 Å². The van der Waals surface area contributed by atoms with Gasteiger partial charge in [-0.2, -0.15) is 0 Å². The number of carboxylic acid groups (broad SMARTS) is 1. The standard InChI is InChI=1S/C14H16O8/c1-8(2)13(18)21-12(22-14(19)9(3)4)7-20-11(17)6-5-10(15)16/h5-6,12H,1,3,7H2,2,4H3,(H,15,16)/b6-5+. The van der Waals surface area contributed by atoms with Gasteiger partial charge in [0, 0.05) is 23.3 Å². The zero-order valence-electron chi connectivity index (χ0n) is 12.2. The molecule has 0 spiro atoms. The first-order chi connectivity index (χ1) is 10.1. The van der Waals surface area contributed by atoms with Gasteiger partial charge in [0.1, 0.15) is 0 Å². The number of aliphatic carboxylic acids is 1. The molecule has 22 heavy (non-hydrogen) atoms. The molecule has 0 rings (SSSR count). The third-order valence-corrected chi connectivity index (χ3v) is 1.90. The lowest BCUT2D eigenvalue weighted by Gasteiger charge is -2.17. The summed E-state index contributed by atoms with van der Waals surface area (Å²) in [6.07, 6.45) is -0.284. The van der Waals surface area contributed by atoms with Crippen molar-refractivity contribution in [3.05, 3.63) is 36.5 Å². The smallest absolute Gasteiger partial charge is 0.336 e. The summed E-state index contributed by atoms with van der Waals surface area (Å²) in [5.74, 6) is -4.05. The highest BCUT2D eigenvalue weighted by molar-refractivity contribution is 5.91. The van der Waals surface area contributed by atoms with Crippen molar-refractivity contribution in [2.75, 3.05) is 6.61 Å². The van der Waals surface area contributed by atoms with E-state index in [0.29, 0.717) is 12.2 Å². The molecule has 0 aromatic carbocycles. The molecule has 0 atom stereocenters. The van der Waals surface area contributed by atoms with Crippen LogP contribution in [0.25, 0.3) is 0 Å². The predicted octanol–water partition coefficient (Wildman–Crippen LogP) is 0.735. The average Bonchev–Trinajstić information content (AvgIpc) is 2.41. The second-order valence-electron chi connectivity index (χ2n) is 4.10. The minimum Gasteiger partial charge on any atom is -0.478 e. The van der Waals surface area contributed by atoms with Crippen molar-refractivity contribution in [3.63, 3.8) is 0 Å². The molecule has 0 amide bonds. The van der Waals surface area contributed by atoms with Gasteiger partial charge in [-0.15, -0.1) is 0 Å². The number of carboxylic acids is 1. The Morgan fingerprint density at radius 2 is 1.45 bits per heavy atom. The molecule has 8 nitrogen and oxygen atoms in total. The predicted molar refractivity (Wildman–Crippen MR) is 73.3 cm³/mol. The van der Waals surface area contributed by atoms with Gasteiger partial charge < -0.3 is 19.3 Å². The first-order valence-corrected chi connectivity index (χ1v) is 5.94. The highest BCUT2D eigenvalue weighted by Gasteiger charge is 2.21. The first kappa shape index (κ1) is 19.1. The molecule has 0 saturated heterocycles. The lowest BCUT2D eigenvalue weighted by molar-refractivity contribution is -0.193. The van der Waals surface area contributed by atoms with Crippen molar-refractivity contribution >= 4 is 23.9 Å². The Hall–Kier alpha value is -2.90. The van der Waals surface area contributed by atoms with E-state index in [-0.39, 0.29) is 11.1 Å². The summed E-state index contributed by atoms with van der Waals surface area (Å²) in [6.45, 7) is 8.84. The van der Waals surface area contributed by atoms with Gasteiger partial charge in [0.2, 0.25) is 0 Å². The Kier molecular flexibility index (Phi) is 7.91. The third kappa shape index (κ3) is 8.31. The molecule has 0 radical (unpaired) electrons. The van der Waals surface area contributed by atoms with E-state index in [2.05, 4.69) is 17.9 Å². The van der Waals surface area contributed by atoms with Crippen LogP contribution in [0.4, 0.5) is 0 Å². The van der Waals surface area contributed by atoms with Gasteiger partial charge in [-0.05, 0) is 13.8 Å². The average molecular weight is 312 g/mol. The van der Waals surface area contributed by atoms with E-state index in [9.17, 15) is 19.2 Å². The summed E-state index contributed by atoms with van der Waals surface area (Å²) in [7, 11) is 0. The van der Waals surface area contributed by atoms with Crippen molar-refractivity contribution < 1.29 is 38.5 Å². The Balaban J connectivity index is 4.71. The van der Waals surface area contributed by atoms with Gasteiger partial charge in [-0.25, -0.2) is 19.2 Å². The number of hydrogen-bond donors (Lipinski definition) is 1. The van der Waals surface area contributed by atoms with E-state index in [4.69, 9.17) is 14.6 Å². The molecule has 0 heterocycles. The molecule has 0 unspecified atom stereocenters. The molecule has 0 aromatic heterocycles. The lowest BCUT2D eigenvalue weighted by atomic mass is 10.3. The van der Waals surface area contributed by atoms with E-state index < -0.39 is 36.8 Å². The lowest BCUT2D eigenvalue weighted by Crippen LogP contribution is -2.30. The van der Waals surface area contributed by atoms with Crippen LogP contribution in [0.3, 0.4) is 0 Å². The van der Waals surface area contributed by atoms with E-state index in [1.54, 1.807) is 0 Å². The summed E-state index contributed by atoms with van der Waals surface area (Å²) < 4.78 is 14.1. The molecule has 0 saturated carbocycles. The number of hydrogen-bond acceptors (Lipinski definition) is 7. The molecule has 0 bridgehead atoms. The van der Waals surface area contributed by atoms with Crippen LogP contribution < -0.4 is 0 Å². The largest absolute Gasteiger partial charge is 0.478 e. The Bertz CT molecular complexity index is 501. The summed E-state index contributed by atoms with van der Waals surface area (Å²) in [6, 6.07) is 0. The van der Waals surface area contributed by atoms with Gasteiger partial charge >= 0.3 is 23.9 Å². The van der Waals surface area contributed by atoms with E-state index in [1.807, 2.05) is 0 Å². The zero-order chi connectivity index (χ0) is 17.3. The third-order valence-electron chi connectivity index (χ3n) is 1.90. The van der Waals surface area contributed by atoms with Crippen molar-refractivity contribution in [2.24, 2.45) is 0 Å². The van der Waals surface area contributed by atoms with Crippen molar-refractivity contribution in [2.45, 2.75) is 20.1 Å². The molecular formula is C14H16O8. The van der Waals surface area contributed by atoms with Gasteiger partial charge in [-0.1, -0.05) is 13.2 Å². The Morgan fingerprint density at radius 3 is 1.82 bits per heavy atom. The molecule has 0 fully saturated rings. The maximum absolute atomic E-state index is 11.4. The van der Waals surface area contributed by atoms with Crippen LogP contribution in [0.2, 0.25) is 0 Å². The van der Waals surface area contributed by atoms with E-state index in [0.717, 1.165) is 0 Å². The van der Waals surface area contributed by atoms with Crippen LogP contribution in [0, 0.1) is 0 Å². The van der Waals surface area contributed by atoms with Crippen LogP contribution in [-0.4, -0.2) is 41.9 Å². The first-order valence-electron chi connectivity index (χ1n) is 5.94. The van der Waals surface area contributed by atoms with Gasteiger partial charge in [-0.3, -0.25) is 0 Å². The van der Waals surface area contributed by atoms with Crippen molar-refractivity contribution in [3.8, 4) is 0 Å². The highest BCUT2D eigenvalue weighted by atomic mass is 16.7. The fourth-order valence-corrected chi connectivity index (χ4v) is 0.870. The summed E-state index contributed by atoms with van der Waals surface area (Å²) in [5.41, 5.74) is 0.0990. The minimum absolute atomic E-state index is 0.0495. The molecule has 120 valence electrons. The Labute approximate surface area is 126 Å². The molecular weight excluding hydrogens is 296 g/mol. The second-order valence-corrected chi connectivity index (χ2v) is 4.10. The fraction of sp³-hybridized carbons (Fsp3) is 0.286. The minimum atomic E-state index is -1.50. The molecule has 0 aliphatic heterocycles. The second kappa shape index (κ2) is 9.11. The van der Waals surface area contributed by atoms with Crippen LogP contribution >= 0.6 is 0 Å². The van der Waals surface area contributed by atoms with Crippen LogP contribution in [0.5, 0.6) is 0 Å². The molecule has 0 aliphatic rings. The SMILES string of the molecule is C=C(C)C(=O)OC(COC(=O)/C=C/C(=O)O)OC(=O)C(=C)C. The van der Waals surface area contributed by atoms with Gasteiger partial charge in [0.25, 0.3) is 6.29 Å². The molecule has 0 aliphatic carbocycles. The monoisotopic (exact) mass is 312 g/mol. The summed E-state index contributed by atoms with van der Waals surface area (Å²) >= 11 is 0. The number of carbonyl (C=O) groups excluding carboxylic acids is 3. The van der Waals surface area contributed by atoms with Gasteiger partial charge in [0.15, 0.2) is 6.61 Å². The maximum atomic E-state index is 11.4. The normalized spacial score (nSPS) is 10.1. The molecule has 0 aromatic rings. The van der Waals surface area contributed by atoms with E-state index >= 15 is 0 Å². The highest BCUT2D eigenvalue weighted by Crippen LogP contribution is 2.05. The quantitative estimate of drug-likeness (QED) is 0.396. The zero-order valence-corrected chi connectivity index (χ0v) is 12.2. The van der Waals surface area contributed by atoms with Gasteiger partial charge in [0.05, 0.1) is 0 Å². The number of rotatable bonds is 8. The van der Waals surface area contributed by atoms with E-state index in [1.165, 1.54) is 13.8 Å². The maximum Gasteiger partial charge on any atom is 0.336 e.